The average Bonchev–Trinajstić information content (AvgIpc) is 3.79. The molecule has 13 heteroatoms. The Morgan fingerprint density at radius 2 is 1.70 bits per heavy atom. The number of pyridine rings is 1. The molecule has 3 aromatic rings. The molecule has 0 unspecified atom stereocenters. The number of halogens is 2. The molecule has 1 atom stereocenters. The van der Waals surface area contributed by atoms with E-state index in [1.807, 2.05) is 0 Å². The molecule has 1 aliphatic heterocycles. The van der Waals surface area contributed by atoms with E-state index in [9.17, 15) is 19.5 Å². The number of nitrogens with one attached hydrogen (secondary N) is 3. The fourth-order valence-electron chi connectivity index (χ4n) is 4.78. The van der Waals surface area contributed by atoms with Gasteiger partial charge in [-0.05, 0) is 43.9 Å². The number of likely N-dealkylation sites (tertiary alicyclic amines) is 1. The molecule has 2 amide bonds. The van der Waals surface area contributed by atoms with Crippen LogP contribution in [-0.2, 0) is 4.79 Å². The normalized spacial score (nSPS) is 16.1. The molecule has 1 aliphatic carbocycles. The maximum absolute atomic E-state index is 12.8. The van der Waals surface area contributed by atoms with Gasteiger partial charge in [-0.25, -0.2) is 0 Å². The second kappa shape index (κ2) is 14.7. The number of carbonyl (C=O) groups is 3. The molecule has 2 fully saturated rings. The molecule has 2 heterocycles. The number of aromatic amines is 1. The number of aliphatic hydroxyl groups is 1. The van der Waals surface area contributed by atoms with Gasteiger partial charge in [0.15, 0.2) is 0 Å². The van der Waals surface area contributed by atoms with Crippen LogP contribution >= 0.6 is 23.2 Å². The van der Waals surface area contributed by atoms with Crippen LogP contribution in [-0.4, -0.2) is 82.3 Å². The summed E-state index contributed by atoms with van der Waals surface area (Å²) < 4.78 is 6.19. The fourth-order valence-corrected chi connectivity index (χ4v) is 5.18. The number of H-pyrrole nitrogens is 1. The largest absolute Gasteiger partial charge is 0.489 e. The molecule has 1 saturated carbocycles. The van der Waals surface area contributed by atoms with Gasteiger partial charge in [0.2, 0.25) is 0 Å². The monoisotopic (exact) mass is 632 g/mol. The van der Waals surface area contributed by atoms with E-state index in [0.29, 0.717) is 59.6 Å². The van der Waals surface area contributed by atoms with Crippen molar-refractivity contribution in [3.8, 4) is 5.75 Å². The van der Waals surface area contributed by atoms with Crippen LogP contribution in [0, 0.1) is 0 Å². The number of aromatic nitrogens is 1. The van der Waals surface area contributed by atoms with Crippen molar-refractivity contribution in [3.05, 3.63) is 74.1 Å². The highest BCUT2D eigenvalue weighted by Crippen LogP contribution is 2.35. The predicted octanol–water partition coefficient (Wildman–Crippen LogP) is 3.45. The standard InChI is InChI=1S/C28H30Cl2N4O5.C2H4O2/c29-22-7-8-23(24(25(22)30)28(38)33-16-5-6-16)39-18-9-11-34(12-10-18)15-17(35)13-31-27(37)21-14-32-26(36)20-4-2-1-3-19(20)21;1-2(3)4/h1-4,7-8,14,16-18,35H,5-6,9-13,15H2,(H,31,37)(H,32,36)(H,33,38);1H3,(H,3,4)/t17-;/m1./s1. The number of nitrogens with zero attached hydrogens (tertiary/aromatic N) is 1. The van der Waals surface area contributed by atoms with Crippen LogP contribution in [0.5, 0.6) is 5.75 Å². The Hall–Kier alpha value is -3.64. The summed E-state index contributed by atoms with van der Waals surface area (Å²) >= 11 is 12.5. The Bertz CT molecular complexity index is 1530. The maximum Gasteiger partial charge on any atom is 0.300 e. The number of fused-ring (bicyclic) bond motifs is 1. The number of aliphatic hydroxyl groups excluding tert-OH is 1. The predicted molar refractivity (Wildman–Crippen MR) is 163 cm³/mol. The highest BCUT2D eigenvalue weighted by atomic mass is 35.5. The number of carboxylic acids is 1. The van der Waals surface area contributed by atoms with Crippen LogP contribution in [0.1, 0.15) is 53.3 Å². The minimum Gasteiger partial charge on any atom is -0.489 e. The first-order valence-electron chi connectivity index (χ1n) is 14.0. The quantitative estimate of drug-likeness (QED) is 0.240. The third-order valence-electron chi connectivity index (χ3n) is 7.05. The number of carbonyl (C=O) groups excluding carboxylic acids is 2. The molecular formula is C30H34Cl2N4O7. The Morgan fingerprint density at radius 3 is 2.35 bits per heavy atom. The Balaban J connectivity index is 0.000000996. The molecular weight excluding hydrogens is 599 g/mol. The number of piperidine rings is 1. The van der Waals surface area contributed by atoms with Crippen molar-refractivity contribution >= 4 is 51.8 Å². The number of benzene rings is 2. The highest BCUT2D eigenvalue weighted by molar-refractivity contribution is 6.44. The van der Waals surface area contributed by atoms with Crippen LogP contribution in [0.4, 0.5) is 0 Å². The van der Waals surface area contributed by atoms with Gasteiger partial charge in [0.1, 0.15) is 17.4 Å². The second-order valence-electron chi connectivity index (χ2n) is 10.6. The molecule has 0 radical (unpaired) electrons. The zero-order valence-corrected chi connectivity index (χ0v) is 25.1. The smallest absolute Gasteiger partial charge is 0.300 e. The number of hydrogen-bond acceptors (Lipinski definition) is 7. The lowest BCUT2D eigenvalue weighted by atomic mass is 10.1. The molecule has 5 N–H and O–H groups in total. The van der Waals surface area contributed by atoms with Crippen LogP contribution in [0.3, 0.4) is 0 Å². The van der Waals surface area contributed by atoms with Crippen LogP contribution < -0.4 is 20.9 Å². The molecule has 1 saturated heterocycles. The zero-order valence-electron chi connectivity index (χ0n) is 23.6. The van der Waals surface area contributed by atoms with E-state index in [2.05, 4.69) is 20.5 Å². The summed E-state index contributed by atoms with van der Waals surface area (Å²) in [5.41, 5.74) is 0.356. The Labute approximate surface area is 258 Å². The van der Waals surface area contributed by atoms with Crippen molar-refractivity contribution in [3.63, 3.8) is 0 Å². The summed E-state index contributed by atoms with van der Waals surface area (Å²) in [6.07, 6.45) is 3.82. The van der Waals surface area contributed by atoms with Gasteiger partial charge in [0.25, 0.3) is 23.3 Å². The van der Waals surface area contributed by atoms with Crippen molar-refractivity contribution in [2.75, 3.05) is 26.2 Å². The first kappa shape index (κ1) is 32.3. The summed E-state index contributed by atoms with van der Waals surface area (Å²) in [5, 5.41) is 25.2. The van der Waals surface area contributed by atoms with E-state index in [1.54, 1.807) is 36.4 Å². The van der Waals surface area contributed by atoms with Crippen molar-refractivity contribution in [2.45, 2.75) is 50.9 Å². The Kier molecular flexibility index (Phi) is 11.0. The lowest BCUT2D eigenvalue weighted by Crippen LogP contribution is -2.45. The van der Waals surface area contributed by atoms with Crippen molar-refractivity contribution in [1.82, 2.24) is 20.5 Å². The van der Waals surface area contributed by atoms with E-state index in [-0.39, 0.29) is 46.7 Å². The summed E-state index contributed by atoms with van der Waals surface area (Å²) in [6, 6.07) is 10.4. The van der Waals surface area contributed by atoms with Gasteiger partial charge in [-0.2, -0.15) is 0 Å². The van der Waals surface area contributed by atoms with Gasteiger partial charge >= 0.3 is 0 Å². The number of hydrogen-bond donors (Lipinski definition) is 5. The summed E-state index contributed by atoms with van der Waals surface area (Å²) in [7, 11) is 0. The van der Waals surface area contributed by atoms with Gasteiger partial charge < -0.3 is 35.5 Å². The van der Waals surface area contributed by atoms with E-state index in [0.717, 1.165) is 19.8 Å². The van der Waals surface area contributed by atoms with E-state index in [1.165, 1.54) is 6.20 Å². The fraction of sp³-hybridized carbons (Fsp3) is 0.400. The minimum atomic E-state index is -0.833. The first-order chi connectivity index (χ1) is 20.5. The molecule has 5 rings (SSSR count). The molecule has 0 spiro atoms. The zero-order chi connectivity index (χ0) is 31.1. The van der Waals surface area contributed by atoms with Crippen LogP contribution in [0.15, 0.2) is 47.4 Å². The number of β-amino-alcohol motifs (C(OH)–C–C–N with tert-alkyl or cyclic N) is 1. The number of carboxylic acid groups (broad SMARTS) is 1. The van der Waals surface area contributed by atoms with Crippen LogP contribution in [0.25, 0.3) is 10.8 Å². The summed E-state index contributed by atoms with van der Waals surface area (Å²) in [6.45, 7) is 2.92. The SMILES string of the molecule is CC(=O)O.O=C(NC1CC1)c1c(OC2CCN(C[C@H](O)CNC(=O)c3c[nH]c(=O)c4ccccc34)CC2)ccc(Cl)c1Cl. The summed E-state index contributed by atoms with van der Waals surface area (Å²) in [5.74, 6) is -1.06. The van der Waals surface area contributed by atoms with Crippen molar-refractivity contribution in [2.24, 2.45) is 0 Å². The molecule has 2 aliphatic rings. The van der Waals surface area contributed by atoms with Crippen LogP contribution in [0.2, 0.25) is 10.0 Å². The average molecular weight is 634 g/mol. The van der Waals surface area contributed by atoms with E-state index < -0.39 is 12.1 Å². The Morgan fingerprint density at radius 1 is 1.05 bits per heavy atom. The van der Waals surface area contributed by atoms with Gasteiger partial charge in [-0.1, -0.05) is 41.4 Å². The van der Waals surface area contributed by atoms with E-state index >= 15 is 0 Å². The molecule has 11 nitrogen and oxygen atoms in total. The third-order valence-corrected chi connectivity index (χ3v) is 7.85. The number of aliphatic carboxylic acids is 1. The second-order valence-corrected chi connectivity index (χ2v) is 11.3. The number of ether oxygens (including phenoxy) is 1. The van der Waals surface area contributed by atoms with Crippen molar-refractivity contribution < 1.29 is 29.3 Å². The van der Waals surface area contributed by atoms with Gasteiger partial charge in [0, 0.05) is 56.1 Å². The molecule has 1 aromatic heterocycles. The number of amides is 2. The molecule has 43 heavy (non-hydrogen) atoms. The lowest BCUT2D eigenvalue weighted by Gasteiger charge is -2.33. The molecule has 2 aromatic carbocycles. The number of rotatable bonds is 9. The topological polar surface area (TPSA) is 161 Å². The summed E-state index contributed by atoms with van der Waals surface area (Å²) in [4.78, 5) is 51.2. The van der Waals surface area contributed by atoms with Gasteiger partial charge in [0.05, 0.1) is 21.7 Å². The highest BCUT2D eigenvalue weighted by Gasteiger charge is 2.29. The third kappa shape index (κ3) is 8.93. The molecule has 0 bridgehead atoms. The minimum absolute atomic E-state index is 0.0749. The van der Waals surface area contributed by atoms with E-state index in [4.69, 9.17) is 37.8 Å². The van der Waals surface area contributed by atoms with Gasteiger partial charge in [-0.3, -0.25) is 19.2 Å². The molecule has 230 valence electrons. The first-order valence-corrected chi connectivity index (χ1v) is 14.7. The van der Waals surface area contributed by atoms with Gasteiger partial charge in [-0.15, -0.1) is 0 Å². The maximum atomic E-state index is 12.8. The lowest BCUT2D eigenvalue weighted by molar-refractivity contribution is -0.134. The van der Waals surface area contributed by atoms with Crippen molar-refractivity contribution in [1.29, 1.82) is 0 Å².